The van der Waals surface area contributed by atoms with Crippen LogP contribution in [0.15, 0.2) is 48.7 Å². The molecule has 32 heavy (non-hydrogen) atoms. The number of pyridine rings is 1. The molecule has 3 N–H and O–H groups in total. The van der Waals surface area contributed by atoms with E-state index in [9.17, 15) is 9.65 Å². The van der Waals surface area contributed by atoms with Crippen molar-refractivity contribution in [3.05, 3.63) is 70.6 Å². The minimum Gasteiger partial charge on any atom is -0.493 e. The second-order valence-corrected chi connectivity index (χ2v) is 7.88. The van der Waals surface area contributed by atoms with E-state index in [-0.39, 0.29) is 5.02 Å². The zero-order chi connectivity index (χ0) is 23.3. The Morgan fingerprint density at radius 3 is 2.78 bits per heavy atom. The number of nitrogens with zero attached hydrogens (tertiary/aromatic N) is 3. The van der Waals surface area contributed by atoms with Gasteiger partial charge in [0.15, 0.2) is 0 Å². The highest BCUT2D eigenvalue weighted by Crippen LogP contribution is 2.36. The maximum absolute atomic E-state index is 13.6. The Bertz CT molecular complexity index is 1190. The van der Waals surface area contributed by atoms with Gasteiger partial charge in [0.2, 0.25) is 0 Å². The van der Waals surface area contributed by atoms with Crippen LogP contribution in [-0.2, 0) is 0 Å². The third-order valence-corrected chi connectivity index (χ3v) is 5.07. The number of hydrogen-bond donors (Lipinski definition) is 2. The Hall–Kier alpha value is -3.18. The van der Waals surface area contributed by atoms with E-state index in [0.29, 0.717) is 40.2 Å². The number of halogens is 2. The van der Waals surface area contributed by atoms with E-state index >= 15 is 0 Å². The molecule has 0 aliphatic heterocycles. The Morgan fingerprint density at radius 2 is 2.12 bits per heavy atom. The van der Waals surface area contributed by atoms with Gasteiger partial charge in [-0.2, -0.15) is 5.26 Å². The molecule has 166 valence electrons. The summed E-state index contributed by atoms with van der Waals surface area (Å²) in [6, 6.07) is 9.73. The van der Waals surface area contributed by atoms with Crippen molar-refractivity contribution < 1.29 is 9.13 Å². The van der Waals surface area contributed by atoms with E-state index in [0.717, 1.165) is 12.1 Å². The Kier molecular flexibility index (Phi) is 7.65. The van der Waals surface area contributed by atoms with Gasteiger partial charge in [0, 0.05) is 35.4 Å². The molecule has 0 spiro atoms. The number of fused-ring (bicyclic) bond motifs is 1. The standard InChI is InChI=1S/C24H25ClFN5O/c1-4-32-23-12-22-18(11-17(23)21(28)6-5-9-31(2)3)24(15(13-27)14-29-22)30-16-7-8-20(26)19(25)10-16/h5-8,10-12,14,21H,4,9,28H2,1-3H3,(H,29,30)/b6-5+. The molecule has 3 aromatic rings. The maximum Gasteiger partial charge on any atom is 0.141 e. The predicted molar refractivity (Wildman–Crippen MR) is 127 cm³/mol. The lowest BCUT2D eigenvalue weighted by atomic mass is 10.0. The van der Waals surface area contributed by atoms with Gasteiger partial charge in [-0.3, -0.25) is 4.98 Å². The van der Waals surface area contributed by atoms with Gasteiger partial charge in [-0.15, -0.1) is 0 Å². The van der Waals surface area contributed by atoms with Gasteiger partial charge in [-0.25, -0.2) is 4.39 Å². The molecule has 0 saturated heterocycles. The topological polar surface area (TPSA) is 87.2 Å². The number of ether oxygens (including phenoxy) is 1. The fraction of sp³-hybridized carbons (Fsp3) is 0.250. The summed E-state index contributed by atoms with van der Waals surface area (Å²) in [5.74, 6) is 0.117. The van der Waals surface area contributed by atoms with Crippen LogP contribution in [-0.4, -0.2) is 37.1 Å². The largest absolute Gasteiger partial charge is 0.493 e. The van der Waals surface area contributed by atoms with Crippen LogP contribution in [0.2, 0.25) is 5.02 Å². The molecular weight excluding hydrogens is 429 g/mol. The minimum atomic E-state index is -0.517. The summed E-state index contributed by atoms with van der Waals surface area (Å²) in [5.41, 5.74) is 9.29. The molecule has 3 rings (SSSR count). The summed E-state index contributed by atoms with van der Waals surface area (Å²) >= 11 is 5.93. The average molecular weight is 454 g/mol. The lowest BCUT2D eigenvalue weighted by Gasteiger charge is -2.18. The number of likely N-dealkylation sites (N-methyl/N-ethyl adjacent to an activating group) is 1. The molecule has 0 bridgehead atoms. The van der Waals surface area contributed by atoms with E-state index in [1.165, 1.54) is 18.3 Å². The van der Waals surface area contributed by atoms with E-state index < -0.39 is 11.9 Å². The first-order chi connectivity index (χ1) is 15.3. The second kappa shape index (κ2) is 10.4. The van der Waals surface area contributed by atoms with Gasteiger partial charge in [0.25, 0.3) is 0 Å². The van der Waals surface area contributed by atoms with Crippen molar-refractivity contribution in [3.8, 4) is 11.8 Å². The third-order valence-electron chi connectivity index (χ3n) is 4.78. The zero-order valence-electron chi connectivity index (χ0n) is 18.2. The van der Waals surface area contributed by atoms with Crippen LogP contribution in [0.4, 0.5) is 15.8 Å². The highest BCUT2D eigenvalue weighted by molar-refractivity contribution is 6.31. The molecule has 0 aliphatic rings. The minimum absolute atomic E-state index is 0.0146. The molecule has 0 saturated carbocycles. The summed E-state index contributed by atoms with van der Waals surface area (Å²) in [7, 11) is 3.96. The molecule has 8 heteroatoms. The summed E-state index contributed by atoms with van der Waals surface area (Å²) in [5, 5.41) is 13.5. The Labute approximate surface area is 192 Å². The number of anilines is 2. The zero-order valence-corrected chi connectivity index (χ0v) is 18.9. The molecule has 0 aliphatic carbocycles. The number of benzene rings is 2. The van der Waals surface area contributed by atoms with Crippen molar-refractivity contribution >= 4 is 33.9 Å². The first kappa shape index (κ1) is 23.5. The first-order valence-electron chi connectivity index (χ1n) is 10.1. The Morgan fingerprint density at radius 1 is 1.34 bits per heavy atom. The number of nitrogens with one attached hydrogen (secondary N) is 1. The van der Waals surface area contributed by atoms with Crippen LogP contribution in [0.1, 0.15) is 24.1 Å². The number of hydrogen-bond acceptors (Lipinski definition) is 6. The van der Waals surface area contributed by atoms with Crippen molar-refractivity contribution in [2.24, 2.45) is 5.73 Å². The molecule has 1 aromatic heterocycles. The third kappa shape index (κ3) is 5.35. The highest BCUT2D eigenvalue weighted by atomic mass is 35.5. The molecule has 1 heterocycles. The molecule has 0 fully saturated rings. The molecule has 1 unspecified atom stereocenters. The van der Waals surface area contributed by atoms with Crippen LogP contribution in [0, 0.1) is 17.1 Å². The number of nitriles is 1. The molecule has 0 radical (unpaired) electrons. The SMILES string of the molecule is CCOc1cc2ncc(C#N)c(Nc3ccc(F)c(Cl)c3)c2cc1C(N)/C=C/CN(C)C. The van der Waals surface area contributed by atoms with Gasteiger partial charge < -0.3 is 20.7 Å². The highest BCUT2D eigenvalue weighted by Gasteiger charge is 2.17. The monoisotopic (exact) mass is 453 g/mol. The van der Waals surface area contributed by atoms with Crippen LogP contribution in [0.3, 0.4) is 0 Å². The first-order valence-corrected chi connectivity index (χ1v) is 10.5. The summed E-state index contributed by atoms with van der Waals surface area (Å²) in [6.45, 7) is 3.13. The van der Waals surface area contributed by atoms with E-state index in [1.807, 2.05) is 50.2 Å². The van der Waals surface area contributed by atoms with Crippen molar-refractivity contribution in [2.75, 3.05) is 32.6 Å². The van der Waals surface area contributed by atoms with Gasteiger partial charge in [-0.05, 0) is 45.3 Å². The summed E-state index contributed by atoms with van der Waals surface area (Å²) in [6.07, 6.45) is 5.40. The predicted octanol–water partition coefficient (Wildman–Crippen LogP) is 5.16. The van der Waals surface area contributed by atoms with Crippen molar-refractivity contribution in [2.45, 2.75) is 13.0 Å². The molecule has 0 amide bonds. The smallest absolute Gasteiger partial charge is 0.141 e. The van der Waals surface area contributed by atoms with Crippen molar-refractivity contribution in [1.82, 2.24) is 9.88 Å². The van der Waals surface area contributed by atoms with Crippen LogP contribution >= 0.6 is 11.6 Å². The molecule has 6 nitrogen and oxygen atoms in total. The number of aromatic nitrogens is 1. The van der Waals surface area contributed by atoms with Gasteiger partial charge in [-0.1, -0.05) is 23.8 Å². The van der Waals surface area contributed by atoms with Gasteiger partial charge >= 0.3 is 0 Å². The fourth-order valence-corrected chi connectivity index (χ4v) is 3.42. The quantitative estimate of drug-likeness (QED) is 0.458. The second-order valence-electron chi connectivity index (χ2n) is 7.47. The van der Waals surface area contributed by atoms with E-state index in [1.54, 1.807) is 6.07 Å². The Balaban J connectivity index is 2.14. The average Bonchev–Trinajstić information content (AvgIpc) is 2.76. The molecular formula is C24H25ClFN5O. The van der Waals surface area contributed by atoms with Crippen LogP contribution < -0.4 is 15.8 Å². The van der Waals surface area contributed by atoms with Crippen LogP contribution in [0.25, 0.3) is 10.9 Å². The normalized spacial score (nSPS) is 12.3. The lowest BCUT2D eigenvalue weighted by molar-refractivity contribution is 0.336. The number of nitrogens with two attached hydrogens (primary N) is 1. The van der Waals surface area contributed by atoms with Gasteiger partial charge in [0.1, 0.15) is 17.6 Å². The molecule has 2 aromatic carbocycles. The summed E-state index contributed by atoms with van der Waals surface area (Å²) < 4.78 is 19.4. The van der Waals surface area contributed by atoms with Crippen molar-refractivity contribution in [1.29, 1.82) is 5.26 Å². The fourth-order valence-electron chi connectivity index (χ4n) is 3.24. The maximum atomic E-state index is 13.6. The van der Waals surface area contributed by atoms with E-state index in [2.05, 4.69) is 16.4 Å². The van der Waals surface area contributed by atoms with Crippen LogP contribution in [0.5, 0.6) is 5.75 Å². The number of rotatable bonds is 8. The van der Waals surface area contributed by atoms with Gasteiger partial charge in [0.05, 0.1) is 34.4 Å². The molecule has 1 atom stereocenters. The van der Waals surface area contributed by atoms with E-state index in [4.69, 9.17) is 22.1 Å². The lowest BCUT2D eigenvalue weighted by Crippen LogP contribution is -2.13. The van der Waals surface area contributed by atoms with Crippen molar-refractivity contribution in [3.63, 3.8) is 0 Å². The summed E-state index contributed by atoms with van der Waals surface area (Å²) in [4.78, 5) is 6.45.